The van der Waals surface area contributed by atoms with E-state index in [1.165, 1.54) is 6.26 Å². The summed E-state index contributed by atoms with van der Waals surface area (Å²) in [5.74, 6) is 0.202. The predicted molar refractivity (Wildman–Crippen MR) is 121 cm³/mol. The molecule has 0 aliphatic carbocycles. The molecule has 10 heteroatoms. The Hall–Kier alpha value is -2.01. The van der Waals surface area contributed by atoms with E-state index in [-0.39, 0.29) is 17.7 Å². The van der Waals surface area contributed by atoms with Gasteiger partial charge in [-0.1, -0.05) is 11.6 Å². The number of rotatable bonds is 8. The molecule has 2 saturated heterocycles. The first-order valence-electron chi connectivity index (χ1n) is 11.0. The molecule has 0 bridgehead atoms. The Labute approximate surface area is 192 Å². The van der Waals surface area contributed by atoms with E-state index >= 15 is 0 Å². The number of nitrogens with zero attached hydrogens (tertiary/aromatic N) is 4. The number of benzene rings is 1. The Morgan fingerprint density at radius 3 is 2.34 bits per heavy atom. The highest BCUT2D eigenvalue weighted by Crippen LogP contribution is 2.15. The zero-order valence-corrected chi connectivity index (χ0v) is 18.8. The van der Waals surface area contributed by atoms with Gasteiger partial charge in [-0.25, -0.2) is 4.98 Å². The zero-order chi connectivity index (χ0) is 22.3. The van der Waals surface area contributed by atoms with E-state index in [0.717, 1.165) is 52.5 Å². The van der Waals surface area contributed by atoms with Crippen LogP contribution in [0.2, 0.25) is 5.02 Å². The van der Waals surface area contributed by atoms with E-state index in [1.807, 2.05) is 0 Å². The number of hydrogen-bond acceptors (Lipinski definition) is 8. The number of nitrogens with one attached hydrogen (secondary N) is 1. The number of piperazine rings is 1. The lowest BCUT2D eigenvalue weighted by Gasteiger charge is -2.36. The van der Waals surface area contributed by atoms with Crippen LogP contribution in [0, 0.1) is 0 Å². The van der Waals surface area contributed by atoms with Crippen LogP contribution in [-0.2, 0) is 11.3 Å². The van der Waals surface area contributed by atoms with Gasteiger partial charge in [-0.2, -0.15) is 0 Å². The van der Waals surface area contributed by atoms with Crippen molar-refractivity contribution in [1.29, 1.82) is 0 Å². The van der Waals surface area contributed by atoms with Gasteiger partial charge in [0.25, 0.3) is 5.91 Å². The number of morpholine rings is 1. The lowest BCUT2D eigenvalue weighted by molar-refractivity contribution is 0.00187. The molecule has 0 saturated carbocycles. The average Bonchev–Trinajstić information content (AvgIpc) is 3.26. The monoisotopic (exact) mass is 463 g/mol. The molecule has 2 aromatic rings. The lowest BCUT2D eigenvalue weighted by Crippen LogP contribution is -2.50. The summed E-state index contributed by atoms with van der Waals surface area (Å²) < 4.78 is 10.9. The third-order valence-electron chi connectivity index (χ3n) is 5.75. The molecule has 4 rings (SSSR count). The lowest BCUT2D eigenvalue weighted by atomic mass is 10.2. The van der Waals surface area contributed by atoms with Crippen LogP contribution in [0.25, 0.3) is 0 Å². The molecule has 1 amide bonds. The normalized spacial score (nSPS) is 19.7. The smallest absolute Gasteiger partial charge is 0.277 e. The minimum Gasteiger partial charge on any atom is -0.447 e. The molecular formula is C22H30ClN5O4. The van der Waals surface area contributed by atoms with Crippen LogP contribution in [0.1, 0.15) is 16.4 Å². The molecule has 2 aliphatic rings. The summed E-state index contributed by atoms with van der Waals surface area (Å²) in [6.45, 7) is 8.68. The van der Waals surface area contributed by atoms with E-state index in [1.54, 1.807) is 24.3 Å². The van der Waals surface area contributed by atoms with Crippen LogP contribution in [0.5, 0.6) is 0 Å². The molecule has 0 spiro atoms. The standard InChI is InChI=1S/C22H30ClN5O4/c23-17-1-3-18(4-2-17)24-22(30)20-16-32-21(25-20)15-27-7-5-26(6-8-27)13-19(29)14-28-9-11-31-12-10-28/h1-4,16,19,29H,5-15H2,(H,24,30)/t19-/m0/s1. The van der Waals surface area contributed by atoms with Gasteiger partial charge in [-0.3, -0.25) is 19.5 Å². The SMILES string of the molecule is O=C(Nc1ccc(Cl)cc1)c1coc(CN2CCN(C[C@H](O)CN3CCOCC3)CC2)n1. The van der Waals surface area contributed by atoms with Crippen LogP contribution in [0.4, 0.5) is 5.69 Å². The molecule has 1 aromatic heterocycles. The second kappa shape index (κ2) is 11.2. The fourth-order valence-corrected chi connectivity index (χ4v) is 4.10. The summed E-state index contributed by atoms with van der Waals surface area (Å²) in [5, 5.41) is 13.8. The summed E-state index contributed by atoms with van der Waals surface area (Å²) in [5.41, 5.74) is 0.899. The maximum Gasteiger partial charge on any atom is 0.277 e. The highest BCUT2D eigenvalue weighted by Gasteiger charge is 2.23. The Morgan fingerprint density at radius 1 is 1.03 bits per heavy atom. The van der Waals surface area contributed by atoms with Crippen LogP contribution < -0.4 is 5.32 Å². The van der Waals surface area contributed by atoms with Crippen LogP contribution >= 0.6 is 11.6 Å². The zero-order valence-electron chi connectivity index (χ0n) is 18.1. The number of ether oxygens (including phenoxy) is 1. The van der Waals surface area contributed by atoms with E-state index in [2.05, 4.69) is 25.0 Å². The Balaban J connectivity index is 1.18. The van der Waals surface area contributed by atoms with Crippen molar-refractivity contribution < 1.29 is 19.1 Å². The number of halogens is 1. The van der Waals surface area contributed by atoms with Crippen molar-refractivity contribution in [2.45, 2.75) is 12.6 Å². The molecule has 3 heterocycles. The topological polar surface area (TPSA) is 94.3 Å². The summed E-state index contributed by atoms with van der Waals surface area (Å²) in [6, 6.07) is 6.90. The molecular weight excluding hydrogens is 434 g/mol. The van der Waals surface area contributed by atoms with Crippen LogP contribution in [-0.4, -0.2) is 102 Å². The second-order valence-electron chi connectivity index (χ2n) is 8.23. The molecule has 174 valence electrons. The molecule has 1 aromatic carbocycles. The number of carbonyl (C=O) groups is 1. The Kier molecular flexibility index (Phi) is 8.12. The van der Waals surface area contributed by atoms with Crippen molar-refractivity contribution in [1.82, 2.24) is 19.7 Å². The largest absolute Gasteiger partial charge is 0.447 e. The molecule has 32 heavy (non-hydrogen) atoms. The third kappa shape index (κ3) is 6.74. The van der Waals surface area contributed by atoms with E-state index in [0.29, 0.717) is 36.2 Å². The van der Waals surface area contributed by atoms with E-state index in [4.69, 9.17) is 20.8 Å². The number of anilines is 1. The molecule has 0 radical (unpaired) electrons. The van der Waals surface area contributed by atoms with Crippen LogP contribution in [0.3, 0.4) is 0 Å². The van der Waals surface area contributed by atoms with Crippen molar-refractivity contribution in [3.05, 3.63) is 47.1 Å². The highest BCUT2D eigenvalue weighted by atomic mass is 35.5. The molecule has 1 atom stereocenters. The number of aliphatic hydroxyl groups excluding tert-OH is 1. The maximum atomic E-state index is 12.4. The molecule has 9 nitrogen and oxygen atoms in total. The van der Waals surface area contributed by atoms with E-state index < -0.39 is 0 Å². The van der Waals surface area contributed by atoms with Gasteiger partial charge in [0.1, 0.15) is 6.26 Å². The van der Waals surface area contributed by atoms with Gasteiger partial charge < -0.3 is 19.6 Å². The number of β-amino-alcohol motifs (C(OH)–C–C–N with tert-alkyl or cyclic N) is 1. The Bertz CT molecular complexity index is 863. The van der Waals surface area contributed by atoms with Crippen LogP contribution in [0.15, 0.2) is 34.9 Å². The van der Waals surface area contributed by atoms with Gasteiger partial charge in [-0.05, 0) is 24.3 Å². The maximum absolute atomic E-state index is 12.4. The predicted octanol–water partition coefficient (Wildman–Crippen LogP) is 1.39. The van der Waals surface area contributed by atoms with Gasteiger partial charge in [0.2, 0.25) is 5.89 Å². The summed E-state index contributed by atoms with van der Waals surface area (Å²) in [4.78, 5) is 23.5. The van der Waals surface area contributed by atoms with Gasteiger partial charge >= 0.3 is 0 Å². The van der Waals surface area contributed by atoms with Gasteiger partial charge in [0, 0.05) is 63.1 Å². The van der Waals surface area contributed by atoms with Gasteiger partial charge in [0.05, 0.1) is 25.9 Å². The average molecular weight is 464 g/mol. The summed E-state index contributed by atoms with van der Waals surface area (Å²) in [6.07, 6.45) is 1.03. The van der Waals surface area contributed by atoms with Crippen molar-refractivity contribution in [3.8, 4) is 0 Å². The first-order chi connectivity index (χ1) is 15.5. The van der Waals surface area contributed by atoms with Crippen molar-refractivity contribution in [2.24, 2.45) is 0 Å². The number of carbonyl (C=O) groups excluding carboxylic acids is 1. The highest BCUT2D eigenvalue weighted by molar-refractivity contribution is 6.30. The summed E-state index contributed by atoms with van der Waals surface area (Å²) in [7, 11) is 0. The molecule has 0 unspecified atom stereocenters. The molecule has 2 N–H and O–H groups in total. The van der Waals surface area contributed by atoms with Gasteiger partial charge in [-0.15, -0.1) is 0 Å². The first kappa shape index (κ1) is 23.2. The fraction of sp³-hybridized carbons (Fsp3) is 0.545. The number of amides is 1. The van der Waals surface area contributed by atoms with Crippen molar-refractivity contribution in [3.63, 3.8) is 0 Å². The van der Waals surface area contributed by atoms with Crippen molar-refractivity contribution in [2.75, 3.05) is 70.9 Å². The number of aliphatic hydroxyl groups is 1. The van der Waals surface area contributed by atoms with Gasteiger partial charge in [0.15, 0.2) is 5.69 Å². The second-order valence-corrected chi connectivity index (χ2v) is 8.67. The number of hydrogen-bond donors (Lipinski definition) is 2. The number of aromatic nitrogens is 1. The quantitative estimate of drug-likeness (QED) is 0.606. The Morgan fingerprint density at radius 2 is 1.66 bits per heavy atom. The molecule has 2 aliphatic heterocycles. The molecule has 2 fully saturated rings. The van der Waals surface area contributed by atoms with Crippen molar-refractivity contribution >= 4 is 23.2 Å². The minimum absolute atomic E-state index is 0.250. The van der Waals surface area contributed by atoms with E-state index in [9.17, 15) is 9.90 Å². The minimum atomic E-state index is -0.354. The summed E-state index contributed by atoms with van der Waals surface area (Å²) >= 11 is 5.87. The third-order valence-corrected chi connectivity index (χ3v) is 6.00. The fourth-order valence-electron chi connectivity index (χ4n) is 3.97. The first-order valence-corrected chi connectivity index (χ1v) is 11.4. The number of oxazole rings is 1.